The highest BCUT2D eigenvalue weighted by atomic mass is 33.1. The average Bonchev–Trinajstić information content (AvgIpc) is 2.98. The van der Waals surface area contributed by atoms with Crippen molar-refractivity contribution in [1.29, 1.82) is 0 Å². The number of hydrogen-bond acceptors (Lipinski definition) is 9. The van der Waals surface area contributed by atoms with Gasteiger partial charge in [0.25, 0.3) is 5.56 Å². The number of H-pyrrole nitrogens is 1. The Balaban J connectivity index is 1.60. The first-order valence-corrected chi connectivity index (χ1v) is 10.5. The number of pyridine rings is 1. The van der Waals surface area contributed by atoms with Crippen molar-refractivity contribution in [2.45, 2.75) is 29.6 Å². The van der Waals surface area contributed by atoms with E-state index in [1.165, 1.54) is 23.1 Å². The zero-order valence-electron chi connectivity index (χ0n) is 14.1. The predicted octanol–water partition coefficient (Wildman–Crippen LogP) is 0.00790. The third-order valence-corrected chi connectivity index (χ3v) is 6.11. The minimum absolute atomic E-state index is 0.294. The molecule has 1 saturated heterocycles. The fraction of sp³-hybridized carbons (Fsp3) is 0.438. The fourth-order valence-electron chi connectivity index (χ4n) is 2.62. The third-order valence-electron chi connectivity index (χ3n) is 3.88. The van der Waals surface area contributed by atoms with E-state index in [2.05, 4.69) is 9.97 Å². The lowest BCUT2D eigenvalue weighted by Gasteiger charge is -2.22. The summed E-state index contributed by atoms with van der Waals surface area (Å²) in [5.41, 5.74) is -1.21. The van der Waals surface area contributed by atoms with Gasteiger partial charge in [-0.25, -0.2) is 9.78 Å². The van der Waals surface area contributed by atoms with E-state index in [1.54, 1.807) is 17.0 Å². The highest BCUT2D eigenvalue weighted by molar-refractivity contribution is 8.76. The van der Waals surface area contributed by atoms with Crippen molar-refractivity contribution in [3.63, 3.8) is 0 Å². The van der Waals surface area contributed by atoms with Crippen molar-refractivity contribution in [3.8, 4) is 0 Å². The lowest BCUT2D eigenvalue weighted by molar-refractivity contribution is -0.0711. The van der Waals surface area contributed by atoms with Crippen molar-refractivity contribution in [2.75, 3.05) is 19.0 Å². The van der Waals surface area contributed by atoms with Crippen LogP contribution in [0.25, 0.3) is 0 Å². The van der Waals surface area contributed by atoms with Gasteiger partial charge in [0.05, 0.1) is 13.2 Å². The summed E-state index contributed by atoms with van der Waals surface area (Å²) < 4.78 is 12.4. The van der Waals surface area contributed by atoms with Gasteiger partial charge in [0.2, 0.25) is 0 Å². The smallest absolute Gasteiger partial charge is 0.330 e. The number of aliphatic hydroxyl groups excluding tert-OH is 2. The molecule has 2 unspecified atom stereocenters. The number of nitrogens with zero attached hydrogens (tertiary/aromatic N) is 2. The number of aromatic amines is 1. The molecule has 3 N–H and O–H groups in total. The Hall–Kier alpha value is -1.63. The molecule has 11 heteroatoms. The van der Waals surface area contributed by atoms with Gasteiger partial charge < -0.3 is 19.7 Å². The number of aliphatic hydroxyl groups is 2. The summed E-state index contributed by atoms with van der Waals surface area (Å²) >= 11 is 0. The molecule has 27 heavy (non-hydrogen) atoms. The van der Waals surface area contributed by atoms with Gasteiger partial charge in [0, 0.05) is 24.2 Å². The Morgan fingerprint density at radius 2 is 2.19 bits per heavy atom. The lowest BCUT2D eigenvalue weighted by atomic mass is 10.1. The summed E-state index contributed by atoms with van der Waals surface area (Å²) in [7, 11) is 3.05. The molecular formula is C16H19N3O6S2. The van der Waals surface area contributed by atoms with Gasteiger partial charge in [-0.1, -0.05) is 16.9 Å². The standard InChI is InChI=1S/C16H19N3O6S2/c20-9-10-13(22)14(15(25-10)19-6-4-11(21)18-16(19)23)24-7-8-26-27-12-3-1-2-5-17-12/h1-6,10,13-15,20,22H,7-9H2,(H,18,21,23)/t10?,13-,14-,15?/m1/s1. The summed E-state index contributed by atoms with van der Waals surface area (Å²) in [5.74, 6) is 0.613. The first kappa shape index (κ1) is 20.1. The molecule has 3 rings (SSSR count). The van der Waals surface area contributed by atoms with E-state index in [4.69, 9.17) is 9.47 Å². The largest absolute Gasteiger partial charge is 0.394 e. The maximum Gasteiger partial charge on any atom is 0.330 e. The molecule has 1 aliphatic rings. The molecule has 0 aromatic carbocycles. The van der Waals surface area contributed by atoms with Crippen LogP contribution in [0.5, 0.6) is 0 Å². The van der Waals surface area contributed by atoms with Crippen LogP contribution in [-0.2, 0) is 9.47 Å². The van der Waals surface area contributed by atoms with Crippen molar-refractivity contribution in [2.24, 2.45) is 0 Å². The number of aromatic nitrogens is 3. The minimum atomic E-state index is -1.10. The van der Waals surface area contributed by atoms with Crippen LogP contribution in [0, 0.1) is 0 Å². The van der Waals surface area contributed by atoms with E-state index in [9.17, 15) is 19.8 Å². The van der Waals surface area contributed by atoms with Crippen molar-refractivity contribution in [1.82, 2.24) is 14.5 Å². The Labute approximate surface area is 162 Å². The topological polar surface area (TPSA) is 127 Å². The summed E-state index contributed by atoms with van der Waals surface area (Å²) in [6.07, 6.45) is -0.796. The van der Waals surface area contributed by atoms with Crippen molar-refractivity contribution < 1.29 is 19.7 Å². The SMILES string of the molecule is O=c1ccn(C2OC(CO)[C@@H](O)[C@H]2OCCSSc2ccccn2)c(=O)[nH]1. The molecule has 0 saturated carbocycles. The Bertz CT molecular complexity index is 846. The number of hydrogen-bond donors (Lipinski definition) is 3. The van der Waals surface area contributed by atoms with E-state index in [-0.39, 0.29) is 0 Å². The van der Waals surface area contributed by atoms with E-state index < -0.39 is 42.4 Å². The second kappa shape index (κ2) is 9.53. The maximum absolute atomic E-state index is 12.0. The van der Waals surface area contributed by atoms with Crippen LogP contribution >= 0.6 is 21.6 Å². The molecule has 0 spiro atoms. The maximum atomic E-state index is 12.0. The van der Waals surface area contributed by atoms with Gasteiger partial charge in [-0.2, -0.15) is 0 Å². The molecule has 0 radical (unpaired) electrons. The van der Waals surface area contributed by atoms with Crippen LogP contribution in [-0.4, -0.2) is 62.0 Å². The summed E-state index contributed by atoms with van der Waals surface area (Å²) in [6.45, 7) is -0.123. The summed E-state index contributed by atoms with van der Waals surface area (Å²) in [4.78, 5) is 29.6. The molecular weight excluding hydrogens is 394 g/mol. The molecule has 4 atom stereocenters. The van der Waals surface area contributed by atoms with Crippen LogP contribution in [0.3, 0.4) is 0 Å². The highest BCUT2D eigenvalue weighted by Gasteiger charge is 2.45. The quantitative estimate of drug-likeness (QED) is 0.405. The molecule has 3 heterocycles. The fourth-order valence-corrected chi connectivity index (χ4v) is 4.34. The molecule has 0 bridgehead atoms. The van der Waals surface area contributed by atoms with Gasteiger partial charge in [-0.05, 0) is 22.9 Å². The van der Waals surface area contributed by atoms with Crippen LogP contribution in [0.15, 0.2) is 51.3 Å². The van der Waals surface area contributed by atoms with Gasteiger partial charge in [0.1, 0.15) is 23.3 Å². The Morgan fingerprint density at radius 3 is 2.89 bits per heavy atom. The summed E-state index contributed by atoms with van der Waals surface area (Å²) in [6, 6.07) is 6.83. The van der Waals surface area contributed by atoms with Crippen LogP contribution in [0.4, 0.5) is 0 Å². The first-order chi connectivity index (χ1) is 13.1. The second-order valence-electron chi connectivity index (χ2n) is 5.66. The first-order valence-electron chi connectivity index (χ1n) is 8.18. The number of rotatable bonds is 8. The van der Waals surface area contributed by atoms with Crippen LogP contribution < -0.4 is 11.2 Å². The van der Waals surface area contributed by atoms with Gasteiger partial charge in [-0.3, -0.25) is 14.3 Å². The number of nitrogens with one attached hydrogen (secondary N) is 1. The normalized spacial score (nSPS) is 25.0. The Kier molecular flexibility index (Phi) is 7.10. The van der Waals surface area contributed by atoms with Crippen LogP contribution in [0.2, 0.25) is 0 Å². The van der Waals surface area contributed by atoms with Gasteiger partial charge >= 0.3 is 5.69 Å². The average molecular weight is 413 g/mol. The molecule has 0 amide bonds. The molecule has 9 nitrogen and oxygen atoms in total. The van der Waals surface area contributed by atoms with E-state index in [0.29, 0.717) is 12.4 Å². The molecule has 1 aliphatic heterocycles. The third kappa shape index (κ3) is 5.00. The number of ether oxygens (including phenoxy) is 2. The minimum Gasteiger partial charge on any atom is -0.394 e. The van der Waals surface area contributed by atoms with Crippen LogP contribution in [0.1, 0.15) is 6.23 Å². The zero-order valence-corrected chi connectivity index (χ0v) is 15.8. The van der Waals surface area contributed by atoms with E-state index in [1.807, 2.05) is 18.2 Å². The Morgan fingerprint density at radius 1 is 1.33 bits per heavy atom. The molecule has 2 aromatic rings. The van der Waals surface area contributed by atoms with E-state index >= 15 is 0 Å². The predicted molar refractivity (Wildman–Crippen MR) is 101 cm³/mol. The molecule has 1 fully saturated rings. The van der Waals surface area contributed by atoms with E-state index in [0.717, 1.165) is 9.59 Å². The van der Waals surface area contributed by atoms with Gasteiger partial charge in [0.15, 0.2) is 6.23 Å². The second-order valence-corrected chi connectivity index (χ2v) is 8.10. The van der Waals surface area contributed by atoms with Crippen molar-refractivity contribution >= 4 is 21.6 Å². The highest BCUT2D eigenvalue weighted by Crippen LogP contribution is 2.32. The molecule has 146 valence electrons. The summed E-state index contributed by atoms with van der Waals surface area (Å²) in [5, 5.41) is 20.6. The molecule has 0 aliphatic carbocycles. The van der Waals surface area contributed by atoms with Gasteiger partial charge in [-0.15, -0.1) is 0 Å². The molecule has 2 aromatic heterocycles. The van der Waals surface area contributed by atoms with Crippen molar-refractivity contribution in [3.05, 3.63) is 57.5 Å². The zero-order chi connectivity index (χ0) is 19.2. The lowest BCUT2D eigenvalue weighted by Crippen LogP contribution is -2.39. The monoisotopic (exact) mass is 413 g/mol.